The molecule has 0 aromatic heterocycles. The highest BCUT2D eigenvalue weighted by atomic mass is 79.9. The second-order valence-electron chi connectivity index (χ2n) is 5.80. The number of hydrogen-bond acceptors (Lipinski definition) is 3. The molecule has 0 radical (unpaired) electrons. The second-order valence-corrected chi connectivity index (χ2v) is 8.25. The molecule has 0 fully saturated rings. The van der Waals surface area contributed by atoms with Crippen LogP contribution >= 0.6 is 15.9 Å². The number of ketones is 1. The van der Waals surface area contributed by atoms with Crippen LogP contribution in [-0.2, 0) is 14.8 Å². The lowest BCUT2D eigenvalue weighted by Gasteiger charge is -2.06. The van der Waals surface area contributed by atoms with Crippen LogP contribution in [0.25, 0.3) is 0 Å². The number of hydrogen-bond donors (Lipinski definition) is 0. The Kier molecular flexibility index (Phi) is 5.62. The van der Waals surface area contributed by atoms with E-state index in [9.17, 15) is 13.2 Å². The fraction of sp³-hybridized carbons (Fsp3) is 0.0500. The molecular weight excluding hydrogens is 428 g/mol. The maximum absolute atomic E-state index is 12.7. The zero-order valence-electron chi connectivity index (χ0n) is 14.3. The Morgan fingerprint density at radius 2 is 1.63 bits per heavy atom. The fourth-order valence-electron chi connectivity index (χ4n) is 2.28. The lowest BCUT2D eigenvalue weighted by molar-refractivity contribution is -0.110. The van der Waals surface area contributed by atoms with E-state index in [0.29, 0.717) is 15.8 Å². The van der Waals surface area contributed by atoms with Crippen LogP contribution in [0.15, 0.2) is 91.6 Å². The molecule has 1 aliphatic rings. The van der Waals surface area contributed by atoms with Crippen LogP contribution in [0.4, 0.5) is 0 Å². The van der Waals surface area contributed by atoms with Gasteiger partial charge in [-0.2, -0.15) is 8.42 Å². The lowest BCUT2D eigenvalue weighted by atomic mass is 10.1. The molecule has 136 valence electrons. The normalized spacial score (nSPS) is 16.5. The van der Waals surface area contributed by atoms with Gasteiger partial charge in [-0.05, 0) is 53.2 Å². The highest BCUT2D eigenvalue weighted by Crippen LogP contribution is 2.17. The Morgan fingerprint density at radius 3 is 2.26 bits per heavy atom. The first-order valence-electron chi connectivity index (χ1n) is 8.00. The topological polar surface area (TPSA) is 75.9 Å². The Hall–Kier alpha value is -2.64. The molecule has 27 heavy (non-hydrogen) atoms. The first-order chi connectivity index (χ1) is 12.8. The molecule has 0 unspecified atom stereocenters. The van der Waals surface area contributed by atoms with Crippen LogP contribution in [0.5, 0.6) is 0 Å². The number of carbonyl (C=O) groups is 1. The van der Waals surface area contributed by atoms with Gasteiger partial charge in [0, 0.05) is 5.56 Å². The molecule has 0 aliphatic heterocycles. The number of amidine groups is 1. The summed E-state index contributed by atoms with van der Waals surface area (Å²) in [6, 6.07) is 15.3. The zero-order valence-corrected chi connectivity index (χ0v) is 16.7. The smallest absolute Gasteiger partial charge is 0.284 e. The minimum atomic E-state index is -3.94. The van der Waals surface area contributed by atoms with Crippen molar-refractivity contribution in [2.45, 2.75) is 11.8 Å². The Balaban J connectivity index is 2.11. The number of benzene rings is 2. The van der Waals surface area contributed by atoms with Gasteiger partial charge in [0.2, 0.25) is 0 Å². The van der Waals surface area contributed by atoms with Crippen LogP contribution in [0.1, 0.15) is 11.1 Å². The minimum Gasteiger partial charge on any atom is -0.289 e. The molecule has 2 aromatic rings. The summed E-state index contributed by atoms with van der Waals surface area (Å²) in [5, 5.41) is 0. The van der Waals surface area contributed by atoms with Crippen molar-refractivity contribution in [2.75, 3.05) is 0 Å². The third-order valence-corrected chi connectivity index (χ3v) is 5.61. The molecule has 0 amide bonds. The van der Waals surface area contributed by atoms with Crippen molar-refractivity contribution >= 4 is 43.3 Å². The van der Waals surface area contributed by atoms with E-state index >= 15 is 0 Å². The summed E-state index contributed by atoms with van der Waals surface area (Å²) < 4.78 is 29.8. The van der Waals surface area contributed by atoms with Gasteiger partial charge in [-0.1, -0.05) is 48.0 Å². The third kappa shape index (κ3) is 4.75. The Bertz CT molecular complexity index is 1100. The van der Waals surface area contributed by atoms with Crippen molar-refractivity contribution in [3.05, 3.63) is 88.4 Å². The number of carbonyl (C=O) groups excluding carboxylic acids is 1. The van der Waals surface area contributed by atoms with E-state index in [4.69, 9.17) is 0 Å². The largest absolute Gasteiger partial charge is 0.289 e. The molecule has 2 aromatic carbocycles. The van der Waals surface area contributed by atoms with Crippen molar-refractivity contribution in [3.8, 4) is 0 Å². The summed E-state index contributed by atoms with van der Waals surface area (Å²) in [4.78, 5) is 16.0. The predicted molar refractivity (Wildman–Crippen MR) is 110 cm³/mol. The van der Waals surface area contributed by atoms with Gasteiger partial charge in [0.1, 0.15) is 0 Å². The Morgan fingerprint density at radius 1 is 0.963 bits per heavy atom. The summed E-state index contributed by atoms with van der Waals surface area (Å²) in [5.41, 5.74) is 1.92. The molecule has 0 atom stereocenters. The van der Waals surface area contributed by atoms with Gasteiger partial charge < -0.3 is 0 Å². The van der Waals surface area contributed by atoms with Crippen LogP contribution < -0.4 is 0 Å². The highest BCUT2D eigenvalue weighted by molar-refractivity contribution is 9.12. The van der Waals surface area contributed by atoms with Gasteiger partial charge in [-0.25, -0.2) is 4.99 Å². The van der Waals surface area contributed by atoms with E-state index in [1.165, 1.54) is 30.4 Å². The van der Waals surface area contributed by atoms with Crippen LogP contribution in [-0.4, -0.2) is 25.7 Å². The number of allylic oxidation sites excluding steroid dienone is 4. The van der Waals surface area contributed by atoms with Crippen molar-refractivity contribution in [3.63, 3.8) is 0 Å². The molecule has 0 saturated carbocycles. The van der Waals surface area contributed by atoms with Crippen LogP contribution in [0, 0.1) is 6.92 Å². The number of rotatable bonds is 3. The van der Waals surface area contributed by atoms with E-state index in [1.54, 1.807) is 36.4 Å². The Labute approximate surface area is 166 Å². The summed E-state index contributed by atoms with van der Waals surface area (Å²) in [5.74, 6) is -0.138. The van der Waals surface area contributed by atoms with Gasteiger partial charge in [-0.15, -0.1) is 4.40 Å². The van der Waals surface area contributed by atoms with E-state index < -0.39 is 10.0 Å². The van der Waals surface area contributed by atoms with Crippen molar-refractivity contribution in [2.24, 2.45) is 9.39 Å². The van der Waals surface area contributed by atoms with Gasteiger partial charge in [0.25, 0.3) is 10.0 Å². The monoisotopic (exact) mass is 442 g/mol. The van der Waals surface area contributed by atoms with E-state index in [0.717, 1.165) is 5.56 Å². The number of nitrogens with zero attached hydrogens (tertiary/aromatic N) is 2. The maximum Gasteiger partial charge on any atom is 0.284 e. The van der Waals surface area contributed by atoms with Crippen LogP contribution in [0.3, 0.4) is 0 Å². The van der Waals surface area contributed by atoms with Gasteiger partial charge in [0.05, 0.1) is 15.1 Å². The quantitative estimate of drug-likeness (QED) is 0.409. The fourth-order valence-corrected chi connectivity index (χ4v) is 3.61. The molecular formula is C20H15BrN2O3S. The minimum absolute atomic E-state index is 0.0433. The molecule has 0 saturated heterocycles. The van der Waals surface area contributed by atoms with Crippen molar-refractivity contribution in [1.29, 1.82) is 0 Å². The first-order valence-corrected chi connectivity index (χ1v) is 10.2. The summed E-state index contributed by atoms with van der Waals surface area (Å²) in [6.45, 7) is 1.88. The van der Waals surface area contributed by atoms with Gasteiger partial charge >= 0.3 is 0 Å². The van der Waals surface area contributed by atoms with E-state index in [2.05, 4.69) is 25.3 Å². The lowest BCUT2D eigenvalue weighted by Crippen LogP contribution is -2.09. The average Bonchev–Trinajstić information content (AvgIpc) is 2.65. The highest BCUT2D eigenvalue weighted by Gasteiger charge is 2.16. The van der Waals surface area contributed by atoms with Crippen molar-refractivity contribution < 1.29 is 13.2 Å². The molecule has 1 aliphatic carbocycles. The summed E-state index contributed by atoms with van der Waals surface area (Å²) in [6.07, 6.45) is 4.41. The van der Waals surface area contributed by atoms with E-state index in [1.807, 2.05) is 13.0 Å². The number of aliphatic imine (C=N–C) groups is 1. The summed E-state index contributed by atoms with van der Waals surface area (Å²) >= 11 is 3.17. The number of halogens is 1. The van der Waals surface area contributed by atoms with Crippen LogP contribution in [0.2, 0.25) is 0 Å². The summed E-state index contributed by atoms with van der Waals surface area (Å²) in [7, 11) is -3.94. The molecule has 7 heteroatoms. The third-order valence-electron chi connectivity index (χ3n) is 3.71. The average molecular weight is 443 g/mol. The van der Waals surface area contributed by atoms with Gasteiger partial charge in [-0.3, -0.25) is 4.79 Å². The number of aryl methyl sites for hydroxylation is 1. The number of sulfonamides is 1. The maximum atomic E-state index is 12.7. The SMILES string of the molecule is Cc1ccc(S(=O)(=O)N=C(N=C2C=CC(=O)C(Br)=C2)c2ccccc2)cc1. The standard InChI is InChI=1S/C20H15BrN2O3S/c1-14-7-10-17(11-8-14)27(25,26)23-20(15-5-3-2-4-6-15)22-16-9-12-19(24)18(21)13-16/h2-13H,1H3. The molecule has 0 bridgehead atoms. The second kappa shape index (κ2) is 7.94. The van der Waals surface area contributed by atoms with Crippen molar-refractivity contribution in [1.82, 2.24) is 0 Å². The molecule has 0 N–H and O–H groups in total. The van der Waals surface area contributed by atoms with E-state index in [-0.39, 0.29) is 16.5 Å². The molecule has 0 heterocycles. The first kappa shape index (κ1) is 19.1. The zero-order chi connectivity index (χ0) is 19.4. The molecule has 3 rings (SSSR count). The van der Waals surface area contributed by atoms with Gasteiger partial charge in [0.15, 0.2) is 11.6 Å². The molecule has 0 spiro atoms. The molecule has 5 nitrogen and oxygen atoms in total. The predicted octanol–water partition coefficient (Wildman–Crippen LogP) is 3.99.